The predicted molar refractivity (Wildman–Crippen MR) is 120 cm³/mol. The number of anilines is 2. The molecule has 3 aromatic carbocycles. The van der Waals surface area contributed by atoms with E-state index in [-0.39, 0.29) is 24.0 Å². The Balaban J connectivity index is 1.51. The lowest BCUT2D eigenvalue weighted by molar-refractivity contribution is 0.0685. The molecule has 152 valence electrons. The van der Waals surface area contributed by atoms with Gasteiger partial charge in [0.1, 0.15) is 6.17 Å². The van der Waals surface area contributed by atoms with Crippen LogP contribution >= 0.6 is 0 Å². The minimum atomic E-state index is -0.235. The minimum absolute atomic E-state index is 0.0344. The number of benzene rings is 3. The smallest absolute Gasteiger partial charge is 0.256 e. The highest BCUT2D eigenvalue weighted by Gasteiger charge is 2.37. The Hall–Kier alpha value is -3.60. The van der Waals surface area contributed by atoms with Crippen LogP contribution in [0.1, 0.15) is 51.9 Å². The Labute approximate surface area is 176 Å². The number of nitrogens with zero attached hydrogens (tertiary/aromatic N) is 1. The van der Waals surface area contributed by atoms with Crippen LogP contribution < -0.4 is 10.6 Å². The number of carbonyl (C=O) groups excluding carboxylic acids is 2. The summed E-state index contributed by atoms with van der Waals surface area (Å²) in [6.07, 6.45) is -0.235. The van der Waals surface area contributed by atoms with E-state index in [0.717, 1.165) is 28.1 Å². The molecule has 1 aliphatic rings. The SMILES string of the molecule is Cc1ccc(NC(=O)c2ccc(NC3c4ccccc4C(=O)N3C(C)C)cc2)cc1. The van der Waals surface area contributed by atoms with E-state index in [4.69, 9.17) is 0 Å². The molecule has 1 atom stereocenters. The highest BCUT2D eigenvalue weighted by molar-refractivity contribution is 6.04. The zero-order valence-electron chi connectivity index (χ0n) is 17.3. The van der Waals surface area contributed by atoms with Gasteiger partial charge in [-0.05, 0) is 63.2 Å². The monoisotopic (exact) mass is 399 g/mol. The minimum Gasteiger partial charge on any atom is -0.361 e. The van der Waals surface area contributed by atoms with E-state index in [1.165, 1.54) is 0 Å². The second-order valence-corrected chi connectivity index (χ2v) is 7.84. The van der Waals surface area contributed by atoms with Gasteiger partial charge in [0.2, 0.25) is 0 Å². The zero-order valence-corrected chi connectivity index (χ0v) is 17.3. The van der Waals surface area contributed by atoms with Gasteiger partial charge in [-0.2, -0.15) is 0 Å². The van der Waals surface area contributed by atoms with Gasteiger partial charge in [0.25, 0.3) is 11.8 Å². The number of hydrogen-bond acceptors (Lipinski definition) is 3. The lowest BCUT2D eigenvalue weighted by Gasteiger charge is -2.30. The van der Waals surface area contributed by atoms with E-state index in [0.29, 0.717) is 5.56 Å². The van der Waals surface area contributed by atoms with Crippen LogP contribution in [-0.4, -0.2) is 22.8 Å². The molecule has 0 fully saturated rings. The fraction of sp³-hybridized carbons (Fsp3) is 0.200. The lowest BCUT2D eigenvalue weighted by atomic mass is 10.1. The standard InChI is InChI=1S/C25H25N3O2/c1-16(2)28-23(21-6-4-5-7-22(21)25(28)30)26-19-14-10-18(11-15-19)24(29)27-20-12-8-17(3)9-13-20/h4-16,23,26H,1-3H3,(H,27,29). The van der Waals surface area contributed by atoms with Gasteiger partial charge in [-0.15, -0.1) is 0 Å². The molecule has 0 saturated heterocycles. The van der Waals surface area contributed by atoms with Crippen LogP contribution in [0.3, 0.4) is 0 Å². The van der Waals surface area contributed by atoms with Crippen LogP contribution in [0.2, 0.25) is 0 Å². The van der Waals surface area contributed by atoms with Crippen LogP contribution in [-0.2, 0) is 0 Å². The van der Waals surface area contributed by atoms with Crippen LogP contribution in [0.5, 0.6) is 0 Å². The maximum atomic E-state index is 12.8. The van der Waals surface area contributed by atoms with Gasteiger partial charge >= 0.3 is 0 Å². The highest BCUT2D eigenvalue weighted by Crippen LogP contribution is 2.35. The summed E-state index contributed by atoms with van der Waals surface area (Å²) in [6.45, 7) is 6.03. The van der Waals surface area contributed by atoms with Gasteiger partial charge in [0.15, 0.2) is 0 Å². The molecule has 0 aromatic heterocycles. The summed E-state index contributed by atoms with van der Waals surface area (Å²) in [5.41, 5.74) is 5.04. The topological polar surface area (TPSA) is 61.4 Å². The second-order valence-electron chi connectivity index (χ2n) is 7.84. The number of nitrogens with one attached hydrogen (secondary N) is 2. The van der Waals surface area contributed by atoms with Gasteiger partial charge in [0, 0.05) is 34.1 Å². The number of fused-ring (bicyclic) bond motifs is 1. The van der Waals surface area contributed by atoms with E-state index in [9.17, 15) is 9.59 Å². The van der Waals surface area contributed by atoms with Crippen molar-refractivity contribution in [3.63, 3.8) is 0 Å². The fourth-order valence-corrected chi connectivity index (χ4v) is 3.73. The fourth-order valence-electron chi connectivity index (χ4n) is 3.73. The summed E-state index contributed by atoms with van der Waals surface area (Å²) in [7, 11) is 0. The average molecular weight is 399 g/mol. The number of aryl methyl sites for hydroxylation is 1. The molecule has 1 unspecified atom stereocenters. The summed E-state index contributed by atoms with van der Waals surface area (Å²) in [5, 5.41) is 6.36. The van der Waals surface area contributed by atoms with Crippen LogP contribution in [0.4, 0.5) is 11.4 Å². The van der Waals surface area contributed by atoms with Gasteiger partial charge in [-0.3, -0.25) is 9.59 Å². The molecule has 30 heavy (non-hydrogen) atoms. The van der Waals surface area contributed by atoms with Gasteiger partial charge < -0.3 is 15.5 Å². The number of amides is 2. The molecule has 1 aliphatic heterocycles. The molecule has 0 bridgehead atoms. The molecule has 3 aromatic rings. The second kappa shape index (κ2) is 8.03. The Morgan fingerprint density at radius 2 is 1.53 bits per heavy atom. The van der Waals surface area contributed by atoms with Gasteiger partial charge in [0.05, 0.1) is 0 Å². The zero-order chi connectivity index (χ0) is 21.3. The van der Waals surface area contributed by atoms with Crippen molar-refractivity contribution in [2.75, 3.05) is 10.6 Å². The van der Waals surface area contributed by atoms with E-state index in [2.05, 4.69) is 10.6 Å². The third-order valence-electron chi connectivity index (χ3n) is 5.31. The van der Waals surface area contributed by atoms with Crippen molar-refractivity contribution in [2.45, 2.75) is 33.0 Å². The molecule has 2 amide bonds. The molecule has 4 rings (SSSR count). The Bertz CT molecular complexity index is 1070. The van der Waals surface area contributed by atoms with Crippen LogP contribution in [0.15, 0.2) is 72.8 Å². The number of rotatable bonds is 5. The Kier molecular flexibility index (Phi) is 5.27. The summed E-state index contributed by atoms with van der Waals surface area (Å²) in [5.74, 6) is -0.122. The quantitative estimate of drug-likeness (QED) is 0.618. The molecule has 5 heteroatoms. The molecule has 0 radical (unpaired) electrons. The molecule has 0 spiro atoms. The summed E-state index contributed by atoms with van der Waals surface area (Å²) >= 11 is 0. The van der Waals surface area contributed by atoms with Gasteiger partial charge in [-0.1, -0.05) is 35.9 Å². The first kappa shape index (κ1) is 19.7. The molecular weight excluding hydrogens is 374 g/mol. The number of hydrogen-bond donors (Lipinski definition) is 2. The predicted octanol–water partition coefficient (Wildman–Crippen LogP) is 5.22. The summed E-state index contributed by atoms with van der Waals surface area (Å²) in [6, 6.07) is 22.8. The largest absolute Gasteiger partial charge is 0.361 e. The van der Waals surface area contributed by atoms with Crippen molar-refractivity contribution in [1.29, 1.82) is 0 Å². The maximum Gasteiger partial charge on any atom is 0.256 e. The Morgan fingerprint density at radius 3 is 2.20 bits per heavy atom. The molecule has 2 N–H and O–H groups in total. The molecule has 1 heterocycles. The third-order valence-corrected chi connectivity index (χ3v) is 5.31. The van der Waals surface area contributed by atoms with Crippen molar-refractivity contribution in [3.05, 3.63) is 95.1 Å². The number of carbonyl (C=O) groups is 2. The van der Waals surface area contributed by atoms with Gasteiger partial charge in [-0.25, -0.2) is 0 Å². The van der Waals surface area contributed by atoms with E-state index < -0.39 is 0 Å². The first-order valence-electron chi connectivity index (χ1n) is 10.1. The summed E-state index contributed by atoms with van der Waals surface area (Å²) < 4.78 is 0. The van der Waals surface area contributed by atoms with E-state index >= 15 is 0 Å². The van der Waals surface area contributed by atoms with E-state index in [1.54, 1.807) is 12.1 Å². The van der Waals surface area contributed by atoms with Crippen molar-refractivity contribution >= 4 is 23.2 Å². The lowest BCUT2D eigenvalue weighted by Crippen LogP contribution is -2.37. The van der Waals surface area contributed by atoms with Crippen LogP contribution in [0.25, 0.3) is 0 Å². The first-order valence-corrected chi connectivity index (χ1v) is 10.1. The van der Waals surface area contributed by atoms with Crippen molar-refractivity contribution in [1.82, 2.24) is 4.90 Å². The maximum absolute atomic E-state index is 12.8. The molecular formula is C25H25N3O2. The van der Waals surface area contributed by atoms with Crippen molar-refractivity contribution < 1.29 is 9.59 Å². The van der Waals surface area contributed by atoms with Crippen LogP contribution in [0, 0.1) is 6.92 Å². The molecule has 0 aliphatic carbocycles. The average Bonchev–Trinajstić information content (AvgIpc) is 3.02. The summed E-state index contributed by atoms with van der Waals surface area (Å²) in [4.78, 5) is 27.2. The molecule has 5 nitrogen and oxygen atoms in total. The van der Waals surface area contributed by atoms with E-state index in [1.807, 2.05) is 86.3 Å². The van der Waals surface area contributed by atoms with Crippen molar-refractivity contribution in [3.8, 4) is 0 Å². The highest BCUT2D eigenvalue weighted by atomic mass is 16.2. The first-order chi connectivity index (χ1) is 14.4. The normalized spacial score (nSPS) is 15.3. The van der Waals surface area contributed by atoms with Crippen molar-refractivity contribution in [2.24, 2.45) is 0 Å². The Morgan fingerprint density at radius 1 is 0.900 bits per heavy atom. The molecule has 0 saturated carbocycles. The third kappa shape index (κ3) is 3.79.